The van der Waals surface area contributed by atoms with Crippen LogP contribution < -0.4 is 11.4 Å². The van der Waals surface area contributed by atoms with Gasteiger partial charge >= 0.3 is 5.63 Å². The number of nitrogens with zero attached hydrogens (tertiary/aromatic N) is 1. The minimum Gasteiger partial charge on any atom is -0.508 e. The van der Waals surface area contributed by atoms with Crippen molar-refractivity contribution in [3.05, 3.63) is 75.1 Å². The Bertz CT molecular complexity index is 1120. The summed E-state index contributed by atoms with van der Waals surface area (Å²) in [6, 6.07) is 12.3. The van der Waals surface area contributed by atoms with E-state index in [4.69, 9.17) is 10.2 Å². The normalized spacial score (nSPS) is 16.8. The van der Waals surface area contributed by atoms with Gasteiger partial charge < -0.3 is 15.3 Å². The maximum Gasteiger partial charge on any atom is 0.336 e. The van der Waals surface area contributed by atoms with Crippen LogP contribution >= 0.6 is 0 Å². The molecule has 0 saturated heterocycles. The third-order valence-electron chi connectivity index (χ3n) is 5.46. The molecule has 6 nitrogen and oxygen atoms in total. The summed E-state index contributed by atoms with van der Waals surface area (Å²) in [6.07, 6.45) is 1.20. The highest BCUT2D eigenvalue weighted by molar-refractivity contribution is 5.83. The van der Waals surface area contributed by atoms with Crippen LogP contribution in [-0.4, -0.2) is 22.0 Å². The zero-order chi connectivity index (χ0) is 19.8. The fourth-order valence-electron chi connectivity index (χ4n) is 3.96. The van der Waals surface area contributed by atoms with Gasteiger partial charge in [0.25, 0.3) is 0 Å². The molecular weight excluding hydrogens is 356 g/mol. The van der Waals surface area contributed by atoms with Gasteiger partial charge in [0, 0.05) is 30.6 Å². The monoisotopic (exact) mass is 378 g/mol. The number of benzene rings is 2. The van der Waals surface area contributed by atoms with Crippen LogP contribution in [0.5, 0.6) is 5.75 Å². The fourth-order valence-corrected chi connectivity index (χ4v) is 3.96. The van der Waals surface area contributed by atoms with E-state index in [2.05, 4.69) is 0 Å². The first-order valence-corrected chi connectivity index (χ1v) is 9.35. The van der Waals surface area contributed by atoms with Gasteiger partial charge in [-0.2, -0.15) is 0 Å². The first-order valence-electron chi connectivity index (χ1n) is 9.35. The van der Waals surface area contributed by atoms with Gasteiger partial charge in [-0.15, -0.1) is 0 Å². The smallest absolute Gasteiger partial charge is 0.336 e. The summed E-state index contributed by atoms with van der Waals surface area (Å²) in [7, 11) is 0. The summed E-state index contributed by atoms with van der Waals surface area (Å²) in [5, 5.41) is 10.9. The van der Waals surface area contributed by atoms with Crippen molar-refractivity contribution in [2.45, 2.75) is 38.9 Å². The van der Waals surface area contributed by atoms with Crippen molar-refractivity contribution in [1.82, 2.24) is 4.90 Å². The Balaban J connectivity index is 1.78. The summed E-state index contributed by atoms with van der Waals surface area (Å²) in [4.78, 5) is 26.2. The number of fused-ring (bicyclic) bond motifs is 2. The topological polar surface area (TPSA) is 96.8 Å². The molecule has 6 heteroatoms. The van der Waals surface area contributed by atoms with Crippen LogP contribution in [0.15, 0.2) is 51.7 Å². The molecule has 1 aliphatic heterocycles. The van der Waals surface area contributed by atoms with Crippen molar-refractivity contribution in [3.63, 3.8) is 0 Å². The molecule has 144 valence electrons. The average Bonchev–Trinajstić information content (AvgIpc) is 2.66. The molecule has 28 heavy (non-hydrogen) atoms. The van der Waals surface area contributed by atoms with E-state index in [-0.39, 0.29) is 11.7 Å². The van der Waals surface area contributed by atoms with Gasteiger partial charge in [-0.3, -0.25) is 9.69 Å². The molecule has 0 radical (unpaired) electrons. The lowest BCUT2D eigenvalue weighted by Crippen LogP contribution is -2.48. The minimum absolute atomic E-state index is 0.109. The van der Waals surface area contributed by atoms with Gasteiger partial charge in [0.15, 0.2) is 0 Å². The van der Waals surface area contributed by atoms with Crippen LogP contribution in [0.4, 0.5) is 0 Å². The van der Waals surface area contributed by atoms with Crippen molar-refractivity contribution in [3.8, 4) is 5.75 Å². The second kappa shape index (κ2) is 7.13. The lowest BCUT2D eigenvalue weighted by atomic mass is 9.93. The molecule has 0 fully saturated rings. The molecular formula is C22H22N2O4. The van der Waals surface area contributed by atoms with Crippen molar-refractivity contribution in [2.75, 3.05) is 0 Å². The molecule has 3 aromatic rings. The van der Waals surface area contributed by atoms with E-state index in [1.807, 2.05) is 42.2 Å². The lowest BCUT2D eigenvalue weighted by molar-refractivity contribution is -0.124. The summed E-state index contributed by atoms with van der Waals surface area (Å²) in [5.74, 6) is -0.272. The van der Waals surface area contributed by atoms with E-state index in [1.54, 1.807) is 0 Å². The number of aromatic hydroxyl groups is 1. The summed E-state index contributed by atoms with van der Waals surface area (Å²) in [5.41, 5.74) is 9.34. The number of hydrogen-bond acceptors (Lipinski definition) is 5. The molecule has 1 aliphatic rings. The maximum absolute atomic E-state index is 12.1. The number of phenolic OH excluding ortho intramolecular Hbond substituents is 1. The highest BCUT2D eigenvalue weighted by atomic mass is 16.4. The molecule has 3 N–H and O–H groups in total. The number of rotatable bonds is 4. The predicted octanol–water partition coefficient (Wildman–Crippen LogP) is 2.47. The predicted molar refractivity (Wildman–Crippen MR) is 106 cm³/mol. The average molecular weight is 378 g/mol. The summed E-state index contributed by atoms with van der Waals surface area (Å²) < 4.78 is 5.28. The van der Waals surface area contributed by atoms with Crippen LogP contribution in [0.25, 0.3) is 11.0 Å². The standard InChI is InChI=1S/C22H22N2O4/c1-2-13-7-17-16(9-21(26)28-20(17)10-19(13)25)12-24-11-15-6-4-3-5-14(15)8-18(24)22(23)27/h3-7,9-10,18,25H,2,8,11-12H2,1H3,(H2,23,27). The molecule has 1 atom stereocenters. The summed E-state index contributed by atoms with van der Waals surface area (Å²) >= 11 is 0. The van der Waals surface area contributed by atoms with E-state index < -0.39 is 11.7 Å². The van der Waals surface area contributed by atoms with Crippen LogP contribution in [-0.2, 0) is 30.7 Å². The van der Waals surface area contributed by atoms with Crippen molar-refractivity contribution >= 4 is 16.9 Å². The van der Waals surface area contributed by atoms with E-state index in [9.17, 15) is 14.7 Å². The van der Waals surface area contributed by atoms with E-state index >= 15 is 0 Å². The number of carbonyl (C=O) groups is 1. The zero-order valence-electron chi connectivity index (χ0n) is 15.6. The highest BCUT2D eigenvalue weighted by Crippen LogP contribution is 2.30. The van der Waals surface area contributed by atoms with Crippen LogP contribution in [0.1, 0.15) is 29.2 Å². The SMILES string of the molecule is CCc1cc2c(CN3Cc4ccccc4CC3C(N)=O)cc(=O)oc2cc1O. The van der Waals surface area contributed by atoms with Gasteiger partial charge in [0.05, 0.1) is 6.04 Å². The second-order valence-electron chi connectivity index (χ2n) is 7.22. The first kappa shape index (κ1) is 18.3. The molecule has 2 heterocycles. The van der Waals surface area contributed by atoms with Crippen LogP contribution in [0.3, 0.4) is 0 Å². The van der Waals surface area contributed by atoms with Crippen LogP contribution in [0.2, 0.25) is 0 Å². The molecule has 0 saturated carbocycles. The van der Waals surface area contributed by atoms with Gasteiger partial charge in [0.1, 0.15) is 11.3 Å². The third-order valence-corrected chi connectivity index (χ3v) is 5.46. The molecule has 0 spiro atoms. The van der Waals surface area contributed by atoms with E-state index in [0.29, 0.717) is 31.5 Å². The van der Waals surface area contributed by atoms with Gasteiger partial charge in [-0.25, -0.2) is 4.79 Å². The van der Waals surface area contributed by atoms with Crippen LogP contribution in [0, 0.1) is 0 Å². The Labute approximate surface area is 162 Å². The Morgan fingerprint density at radius 1 is 1.21 bits per heavy atom. The Hall–Kier alpha value is -3.12. The van der Waals surface area contributed by atoms with Crippen molar-refractivity contribution in [1.29, 1.82) is 0 Å². The van der Waals surface area contributed by atoms with Gasteiger partial charge in [-0.05, 0) is 41.2 Å². The fraction of sp³-hybridized carbons (Fsp3) is 0.273. The number of amides is 1. The number of hydrogen-bond donors (Lipinski definition) is 2. The Morgan fingerprint density at radius 2 is 1.96 bits per heavy atom. The molecule has 0 bridgehead atoms. The van der Waals surface area contributed by atoms with Crippen molar-refractivity contribution < 1.29 is 14.3 Å². The summed E-state index contributed by atoms with van der Waals surface area (Å²) in [6.45, 7) is 2.91. The van der Waals surface area contributed by atoms with E-state index in [1.165, 1.54) is 12.1 Å². The number of aryl methyl sites for hydroxylation is 1. The molecule has 4 rings (SSSR count). The van der Waals surface area contributed by atoms with Crippen molar-refractivity contribution in [2.24, 2.45) is 5.73 Å². The molecule has 1 unspecified atom stereocenters. The number of nitrogens with two attached hydrogens (primary N) is 1. The van der Waals surface area contributed by atoms with Gasteiger partial charge in [0.2, 0.25) is 5.91 Å². The molecule has 1 amide bonds. The minimum atomic E-state index is -0.487. The number of carbonyl (C=O) groups excluding carboxylic acids is 1. The Kier molecular flexibility index (Phi) is 4.65. The zero-order valence-corrected chi connectivity index (χ0v) is 15.6. The molecule has 1 aromatic heterocycles. The van der Waals surface area contributed by atoms with E-state index in [0.717, 1.165) is 27.6 Å². The maximum atomic E-state index is 12.1. The molecule has 0 aliphatic carbocycles. The number of phenols is 1. The first-order chi connectivity index (χ1) is 13.5. The largest absolute Gasteiger partial charge is 0.508 e. The number of primary amides is 1. The highest BCUT2D eigenvalue weighted by Gasteiger charge is 2.30. The third kappa shape index (κ3) is 3.27. The quantitative estimate of drug-likeness (QED) is 0.680. The molecule has 2 aromatic carbocycles. The Morgan fingerprint density at radius 3 is 2.68 bits per heavy atom. The van der Waals surface area contributed by atoms with Gasteiger partial charge in [-0.1, -0.05) is 31.2 Å². The second-order valence-corrected chi connectivity index (χ2v) is 7.22. The lowest BCUT2D eigenvalue weighted by Gasteiger charge is -2.35.